The van der Waals surface area contributed by atoms with Gasteiger partial charge in [-0.1, -0.05) is 13.0 Å². The molecule has 15 heteroatoms. The van der Waals surface area contributed by atoms with Crippen LogP contribution in [-0.2, 0) is 20.8 Å². The van der Waals surface area contributed by atoms with Gasteiger partial charge in [0, 0.05) is 49.8 Å². The maximum atomic E-state index is 14.3. The first-order valence-corrected chi connectivity index (χ1v) is 13.3. The molecule has 208 valence electrons. The molecule has 1 aromatic rings. The molecular weight excluding hydrogens is 524 g/mol. The normalized spacial score (nSPS) is 22.4. The minimum absolute atomic E-state index is 0.0411. The maximum absolute atomic E-state index is 14.3. The van der Waals surface area contributed by atoms with Crippen molar-refractivity contribution in [3.05, 3.63) is 29.6 Å². The average Bonchev–Trinajstić information content (AvgIpc) is 3.60. The van der Waals surface area contributed by atoms with Crippen molar-refractivity contribution in [2.24, 2.45) is 5.41 Å². The first-order valence-electron chi connectivity index (χ1n) is 11.5. The van der Waals surface area contributed by atoms with Crippen LogP contribution in [0.3, 0.4) is 0 Å². The third-order valence-corrected chi connectivity index (χ3v) is 6.66. The highest BCUT2D eigenvalue weighted by molar-refractivity contribution is 7.85. The number of benzene rings is 1. The number of rotatable bonds is 8. The zero-order chi connectivity index (χ0) is 27.6. The summed E-state index contributed by atoms with van der Waals surface area (Å²) in [6.07, 6.45) is -2.25. The van der Waals surface area contributed by atoms with Crippen LogP contribution in [-0.4, -0.2) is 81.7 Å². The smallest absolute Gasteiger partial charge is 0.406 e. The Morgan fingerprint density at radius 2 is 1.92 bits per heavy atom. The Morgan fingerprint density at radius 3 is 2.46 bits per heavy atom. The zero-order valence-corrected chi connectivity index (χ0v) is 21.4. The van der Waals surface area contributed by atoms with Gasteiger partial charge in [0.2, 0.25) is 0 Å². The monoisotopic (exact) mass is 554 g/mol. The number of alkyl halides is 3. The van der Waals surface area contributed by atoms with Gasteiger partial charge in [-0.05, 0) is 25.3 Å². The highest BCUT2D eigenvalue weighted by atomic mass is 32.2. The van der Waals surface area contributed by atoms with E-state index in [2.05, 4.69) is 15.4 Å². The van der Waals surface area contributed by atoms with E-state index >= 15 is 0 Å². The van der Waals surface area contributed by atoms with Gasteiger partial charge in [0.25, 0.3) is 10.1 Å². The molecule has 1 aliphatic heterocycles. The van der Waals surface area contributed by atoms with Crippen LogP contribution in [0.2, 0.25) is 0 Å². The fourth-order valence-corrected chi connectivity index (χ4v) is 4.94. The van der Waals surface area contributed by atoms with Crippen LogP contribution in [0.15, 0.2) is 18.2 Å². The van der Waals surface area contributed by atoms with Crippen molar-refractivity contribution in [1.29, 1.82) is 0 Å². The molecule has 1 aromatic carbocycles. The van der Waals surface area contributed by atoms with E-state index in [9.17, 15) is 35.6 Å². The first-order chi connectivity index (χ1) is 17.1. The number of ether oxygens (including phenoxy) is 1. The molecule has 0 bridgehead atoms. The van der Waals surface area contributed by atoms with Crippen molar-refractivity contribution in [2.45, 2.75) is 51.2 Å². The molecule has 2 unspecified atom stereocenters. The lowest BCUT2D eigenvalue weighted by Crippen LogP contribution is -2.61. The minimum atomic E-state index is -4.96. The number of nitrogens with zero attached hydrogens (tertiary/aromatic N) is 2. The lowest BCUT2D eigenvalue weighted by Gasteiger charge is -2.47. The fraction of sp³-hybridized carbons (Fsp3) is 0.636. The van der Waals surface area contributed by atoms with Crippen molar-refractivity contribution in [2.75, 3.05) is 33.0 Å². The Labute approximate surface area is 212 Å². The molecule has 0 aromatic heterocycles. The number of carbonyl (C=O) groups is 2. The summed E-state index contributed by atoms with van der Waals surface area (Å²) in [7, 11) is -2.28. The molecule has 4 amide bonds. The highest BCUT2D eigenvalue weighted by Crippen LogP contribution is 2.37. The Bertz CT molecular complexity index is 1110. The van der Waals surface area contributed by atoms with Crippen molar-refractivity contribution in [3.8, 4) is 5.75 Å². The molecule has 2 fully saturated rings. The van der Waals surface area contributed by atoms with Gasteiger partial charge in [0.1, 0.15) is 11.6 Å². The van der Waals surface area contributed by atoms with E-state index in [1.165, 1.54) is 11.9 Å². The van der Waals surface area contributed by atoms with E-state index in [-0.39, 0.29) is 37.8 Å². The molecule has 0 radical (unpaired) electrons. The fourth-order valence-electron chi connectivity index (χ4n) is 4.44. The standard InChI is InChI=1S/C22H30F4N4O6S/c1-21(13-35-37(3,33)34)9-16(11-29(12-21)19(31)27-2)30(15-5-6-15)20(32)28-10-14-4-7-17(8-18(14)23)36-22(24,25)26/h4,7-8,15-16H,5-6,9-13H2,1-3H3,(H,27,31)(H,28,32). The lowest BCUT2D eigenvalue weighted by atomic mass is 9.80. The van der Waals surface area contributed by atoms with Crippen LogP contribution in [0.1, 0.15) is 31.7 Å². The summed E-state index contributed by atoms with van der Waals surface area (Å²) in [5.74, 6) is -1.69. The molecular formula is C22H30F4N4O6S. The van der Waals surface area contributed by atoms with E-state index < -0.39 is 51.6 Å². The Balaban J connectivity index is 1.74. The topological polar surface area (TPSA) is 117 Å². The summed E-state index contributed by atoms with van der Waals surface area (Å²) >= 11 is 0. The molecule has 3 rings (SSSR count). The summed E-state index contributed by atoms with van der Waals surface area (Å²) in [4.78, 5) is 28.7. The van der Waals surface area contributed by atoms with Gasteiger partial charge in [-0.25, -0.2) is 14.0 Å². The molecule has 2 aliphatic rings. The third-order valence-electron chi connectivity index (χ3n) is 6.11. The molecule has 37 heavy (non-hydrogen) atoms. The summed E-state index contributed by atoms with van der Waals surface area (Å²) in [6, 6.07) is 1.09. The Morgan fingerprint density at radius 1 is 1.24 bits per heavy atom. The van der Waals surface area contributed by atoms with Crippen LogP contribution in [0.4, 0.5) is 27.2 Å². The number of nitrogens with one attached hydrogen (secondary N) is 2. The van der Waals surface area contributed by atoms with E-state index in [0.717, 1.165) is 31.2 Å². The van der Waals surface area contributed by atoms with Crippen LogP contribution >= 0.6 is 0 Å². The van der Waals surface area contributed by atoms with Crippen molar-refractivity contribution >= 4 is 22.2 Å². The number of piperidine rings is 1. The van der Waals surface area contributed by atoms with Crippen LogP contribution in [0, 0.1) is 11.2 Å². The number of hydrogen-bond acceptors (Lipinski definition) is 6. The first kappa shape index (κ1) is 28.8. The van der Waals surface area contributed by atoms with Crippen LogP contribution < -0.4 is 15.4 Å². The second-order valence-electron chi connectivity index (χ2n) is 9.67. The summed E-state index contributed by atoms with van der Waals surface area (Å²) in [5, 5.41) is 5.14. The number of halogens is 4. The molecule has 0 spiro atoms. The predicted octanol–water partition coefficient (Wildman–Crippen LogP) is 2.79. The molecule has 10 nitrogen and oxygen atoms in total. The second-order valence-corrected chi connectivity index (χ2v) is 11.3. The molecule has 2 N–H and O–H groups in total. The maximum Gasteiger partial charge on any atom is 0.573 e. The van der Waals surface area contributed by atoms with Gasteiger partial charge in [-0.15, -0.1) is 13.2 Å². The molecule has 2 atom stereocenters. The second kappa shape index (κ2) is 10.9. The molecule has 1 aliphatic carbocycles. The van der Waals surface area contributed by atoms with Gasteiger partial charge in [-0.3, -0.25) is 4.18 Å². The Hall–Kier alpha value is -2.81. The third kappa shape index (κ3) is 8.35. The quantitative estimate of drug-likeness (QED) is 0.377. The van der Waals surface area contributed by atoms with Gasteiger partial charge < -0.3 is 25.2 Å². The van der Waals surface area contributed by atoms with Crippen LogP contribution in [0.5, 0.6) is 5.75 Å². The van der Waals surface area contributed by atoms with Gasteiger partial charge in [0.15, 0.2) is 0 Å². The van der Waals surface area contributed by atoms with Crippen LogP contribution in [0.25, 0.3) is 0 Å². The predicted molar refractivity (Wildman–Crippen MR) is 124 cm³/mol. The number of hydrogen-bond donors (Lipinski definition) is 2. The number of likely N-dealkylation sites (tertiary alicyclic amines) is 1. The van der Waals surface area contributed by atoms with E-state index in [0.29, 0.717) is 12.5 Å². The average molecular weight is 555 g/mol. The molecule has 1 heterocycles. The largest absolute Gasteiger partial charge is 0.573 e. The highest BCUT2D eigenvalue weighted by Gasteiger charge is 2.46. The molecule has 1 saturated carbocycles. The van der Waals surface area contributed by atoms with E-state index in [1.54, 1.807) is 11.8 Å². The molecule has 1 saturated heterocycles. The summed E-state index contributed by atoms with van der Waals surface area (Å²) in [6.45, 7) is 1.68. The van der Waals surface area contributed by atoms with Crippen molar-refractivity contribution in [3.63, 3.8) is 0 Å². The lowest BCUT2D eigenvalue weighted by molar-refractivity contribution is -0.274. The number of carbonyl (C=O) groups excluding carboxylic acids is 2. The Kier molecular flexibility index (Phi) is 8.47. The summed E-state index contributed by atoms with van der Waals surface area (Å²) in [5.41, 5.74) is -0.826. The van der Waals surface area contributed by atoms with Crippen molar-refractivity contribution < 1.29 is 44.5 Å². The van der Waals surface area contributed by atoms with Gasteiger partial charge in [0.05, 0.1) is 18.9 Å². The van der Waals surface area contributed by atoms with E-state index in [4.69, 9.17) is 4.18 Å². The number of amides is 4. The summed E-state index contributed by atoms with van der Waals surface area (Å²) < 4.78 is 83.3. The zero-order valence-electron chi connectivity index (χ0n) is 20.6. The SMILES string of the molecule is CNC(=O)N1CC(N(C(=O)NCc2ccc(OC(F)(F)F)cc2F)C2CC2)CC(C)(COS(C)(=O)=O)C1. The number of urea groups is 2. The van der Waals surface area contributed by atoms with Gasteiger partial charge in [-0.2, -0.15) is 8.42 Å². The van der Waals surface area contributed by atoms with E-state index in [1.807, 2.05) is 0 Å². The minimum Gasteiger partial charge on any atom is -0.406 e. The van der Waals surface area contributed by atoms with Gasteiger partial charge >= 0.3 is 18.4 Å². The van der Waals surface area contributed by atoms with Crippen molar-refractivity contribution in [1.82, 2.24) is 20.4 Å².